The number of hydrogen-bond donors (Lipinski definition) is 2. The first-order valence-corrected chi connectivity index (χ1v) is 8.51. The van der Waals surface area contributed by atoms with Crippen LogP contribution in [-0.2, 0) is 4.79 Å². The molecular formula is C18H28ClFN2O2. The van der Waals surface area contributed by atoms with Crippen LogP contribution < -0.4 is 15.8 Å². The van der Waals surface area contributed by atoms with Crippen LogP contribution in [0.15, 0.2) is 18.2 Å². The number of benzene rings is 1. The lowest BCUT2D eigenvalue weighted by molar-refractivity contribution is -0.118. The summed E-state index contributed by atoms with van der Waals surface area (Å²) in [4.78, 5) is 12.4. The summed E-state index contributed by atoms with van der Waals surface area (Å²) in [7, 11) is 0. The number of nitrogens with two attached hydrogens (primary N) is 1. The van der Waals surface area contributed by atoms with Gasteiger partial charge in [0.1, 0.15) is 11.6 Å². The van der Waals surface area contributed by atoms with Crippen LogP contribution in [0.3, 0.4) is 0 Å². The molecule has 0 saturated heterocycles. The van der Waals surface area contributed by atoms with Gasteiger partial charge in [-0.2, -0.15) is 0 Å². The maximum atomic E-state index is 13.4. The number of hydrogen-bond acceptors (Lipinski definition) is 3. The van der Waals surface area contributed by atoms with Crippen molar-refractivity contribution in [2.75, 3.05) is 18.5 Å². The first-order chi connectivity index (χ1) is 11.1. The summed E-state index contributed by atoms with van der Waals surface area (Å²) in [5.41, 5.74) is 6.37. The van der Waals surface area contributed by atoms with Gasteiger partial charge in [0.05, 0.1) is 12.3 Å². The fraction of sp³-hybridized carbons (Fsp3) is 0.611. The van der Waals surface area contributed by atoms with Crippen LogP contribution in [0.5, 0.6) is 5.75 Å². The Kier molecular flexibility index (Phi) is 8.50. The summed E-state index contributed by atoms with van der Waals surface area (Å²) in [5, 5.41) is 2.87. The second-order valence-electron chi connectivity index (χ2n) is 6.48. The highest BCUT2D eigenvalue weighted by Gasteiger charge is 2.33. The van der Waals surface area contributed by atoms with Crippen molar-refractivity contribution in [2.24, 2.45) is 11.1 Å². The van der Waals surface area contributed by atoms with Crippen LogP contribution in [-0.4, -0.2) is 19.1 Å². The third-order valence-electron chi connectivity index (χ3n) is 4.56. The van der Waals surface area contributed by atoms with Crippen LogP contribution >= 0.6 is 12.4 Å². The molecule has 0 atom stereocenters. The van der Waals surface area contributed by atoms with E-state index in [1.54, 1.807) is 6.07 Å². The van der Waals surface area contributed by atoms with Gasteiger partial charge in [0, 0.05) is 12.5 Å². The number of carbonyl (C=O) groups excluding carboxylic acids is 1. The highest BCUT2D eigenvalue weighted by Crippen LogP contribution is 2.38. The summed E-state index contributed by atoms with van der Waals surface area (Å²) >= 11 is 0. The summed E-state index contributed by atoms with van der Waals surface area (Å²) in [6.45, 7) is 2.99. The summed E-state index contributed by atoms with van der Waals surface area (Å²) in [6, 6.07) is 4.19. The standard InChI is InChI=1S/C18H27FN2O2.ClH/c1-2-10-23-16-11-14(19)6-7-15(16)21-17(22)12-18(13-20)8-4-3-5-9-18;/h6-7,11H,2-5,8-10,12-13,20H2,1H3,(H,21,22);1H. The molecule has 2 rings (SSSR count). The highest BCUT2D eigenvalue weighted by molar-refractivity contribution is 5.92. The molecular weight excluding hydrogens is 331 g/mol. The monoisotopic (exact) mass is 358 g/mol. The average Bonchev–Trinajstić information content (AvgIpc) is 2.55. The molecule has 4 nitrogen and oxygen atoms in total. The van der Waals surface area contributed by atoms with Crippen molar-refractivity contribution < 1.29 is 13.9 Å². The number of ether oxygens (including phenoxy) is 1. The van der Waals surface area contributed by atoms with Crippen LogP contribution in [0.2, 0.25) is 0 Å². The predicted octanol–water partition coefficient (Wildman–Crippen LogP) is 4.27. The molecule has 3 N–H and O–H groups in total. The van der Waals surface area contributed by atoms with Crippen LogP contribution in [0.4, 0.5) is 10.1 Å². The Balaban J connectivity index is 0.00000288. The molecule has 0 aliphatic heterocycles. The average molecular weight is 359 g/mol. The summed E-state index contributed by atoms with van der Waals surface area (Å²) in [6.07, 6.45) is 6.71. The Morgan fingerprint density at radius 3 is 2.67 bits per heavy atom. The molecule has 0 aromatic heterocycles. The first-order valence-electron chi connectivity index (χ1n) is 8.51. The number of carbonyl (C=O) groups is 1. The minimum absolute atomic E-state index is 0. The molecule has 1 aromatic rings. The van der Waals surface area contributed by atoms with Gasteiger partial charge in [0.25, 0.3) is 0 Å². The van der Waals surface area contributed by atoms with Gasteiger partial charge in [0.15, 0.2) is 0 Å². The van der Waals surface area contributed by atoms with Crippen molar-refractivity contribution in [1.29, 1.82) is 0 Å². The second-order valence-corrected chi connectivity index (χ2v) is 6.48. The molecule has 6 heteroatoms. The fourth-order valence-electron chi connectivity index (χ4n) is 3.22. The third kappa shape index (κ3) is 5.64. The smallest absolute Gasteiger partial charge is 0.225 e. The second kappa shape index (κ2) is 9.84. The van der Waals surface area contributed by atoms with Gasteiger partial charge in [-0.05, 0) is 43.4 Å². The Hall–Kier alpha value is -1.33. The van der Waals surface area contributed by atoms with E-state index < -0.39 is 0 Å². The molecule has 1 saturated carbocycles. The number of halogens is 2. The van der Waals surface area contributed by atoms with Gasteiger partial charge < -0.3 is 15.8 Å². The van der Waals surface area contributed by atoms with Gasteiger partial charge in [-0.3, -0.25) is 4.79 Å². The highest BCUT2D eigenvalue weighted by atomic mass is 35.5. The summed E-state index contributed by atoms with van der Waals surface area (Å²) in [5.74, 6) is -0.0734. The van der Waals surface area contributed by atoms with Gasteiger partial charge in [-0.15, -0.1) is 12.4 Å². The Morgan fingerprint density at radius 1 is 1.33 bits per heavy atom. The molecule has 136 valence electrons. The van der Waals surface area contributed by atoms with Gasteiger partial charge >= 0.3 is 0 Å². The maximum absolute atomic E-state index is 13.4. The van der Waals surface area contributed by atoms with Gasteiger partial charge in [-0.25, -0.2) is 4.39 Å². The molecule has 1 amide bonds. The Labute approximate surface area is 149 Å². The summed E-state index contributed by atoms with van der Waals surface area (Å²) < 4.78 is 18.9. The number of amides is 1. The van der Waals surface area contributed by atoms with Crippen molar-refractivity contribution in [3.8, 4) is 5.75 Å². The number of rotatable bonds is 7. The largest absolute Gasteiger partial charge is 0.491 e. The lowest BCUT2D eigenvalue weighted by Gasteiger charge is -2.35. The lowest BCUT2D eigenvalue weighted by atomic mass is 9.71. The van der Waals surface area contributed by atoms with E-state index in [0.717, 1.165) is 32.1 Å². The SMILES string of the molecule is CCCOc1cc(F)ccc1NC(=O)CC1(CN)CCCCC1.Cl. The number of nitrogens with one attached hydrogen (secondary N) is 1. The van der Waals surface area contributed by atoms with E-state index in [-0.39, 0.29) is 29.5 Å². The first kappa shape index (κ1) is 20.7. The zero-order chi connectivity index (χ0) is 16.7. The van der Waals surface area contributed by atoms with Crippen molar-refractivity contribution in [2.45, 2.75) is 51.9 Å². The van der Waals surface area contributed by atoms with Crippen LogP contribution in [0.25, 0.3) is 0 Å². The molecule has 24 heavy (non-hydrogen) atoms. The number of anilines is 1. The molecule has 0 heterocycles. The van der Waals surface area contributed by atoms with Crippen LogP contribution in [0.1, 0.15) is 51.9 Å². The van der Waals surface area contributed by atoms with E-state index in [2.05, 4.69) is 5.32 Å². The van der Waals surface area contributed by atoms with E-state index >= 15 is 0 Å². The van der Waals surface area contributed by atoms with Crippen molar-refractivity contribution in [3.05, 3.63) is 24.0 Å². The Bertz CT molecular complexity index is 534. The Morgan fingerprint density at radius 2 is 2.04 bits per heavy atom. The van der Waals surface area contributed by atoms with Gasteiger partial charge in [-0.1, -0.05) is 26.2 Å². The van der Waals surface area contributed by atoms with Crippen molar-refractivity contribution >= 4 is 24.0 Å². The van der Waals surface area contributed by atoms with Crippen molar-refractivity contribution in [1.82, 2.24) is 0 Å². The molecule has 1 aliphatic rings. The van der Waals surface area contributed by atoms with Crippen molar-refractivity contribution in [3.63, 3.8) is 0 Å². The molecule has 1 fully saturated rings. The fourth-order valence-corrected chi connectivity index (χ4v) is 3.22. The molecule has 0 radical (unpaired) electrons. The van der Waals surface area contributed by atoms with E-state index in [9.17, 15) is 9.18 Å². The zero-order valence-corrected chi connectivity index (χ0v) is 15.1. The minimum atomic E-state index is -0.375. The lowest BCUT2D eigenvalue weighted by Crippen LogP contribution is -2.36. The quantitative estimate of drug-likeness (QED) is 0.764. The van der Waals surface area contributed by atoms with E-state index in [0.29, 0.717) is 31.0 Å². The third-order valence-corrected chi connectivity index (χ3v) is 4.56. The van der Waals surface area contributed by atoms with Gasteiger partial charge in [0.2, 0.25) is 5.91 Å². The maximum Gasteiger partial charge on any atom is 0.225 e. The molecule has 0 unspecified atom stereocenters. The molecule has 0 spiro atoms. The van der Waals surface area contributed by atoms with E-state index in [4.69, 9.17) is 10.5 Å². The van der Waals surface area contributed by atoms with E-state index in [1.165, 1.54) is 18.6 Å². The molecule has 1 aromatic carbocycles. The predicted molar refractivity (Wildman–Crippen MR) is 97.3 cm³/mol. The molecule has 1 aliphatic carbocycles. The minimum Gasteiger partial charge on any atom is -0.491 e. The topological polar surface area (TPSA) is 64.3 Å². The van der Waals surface area contributed by atoms with Crippen LogP contribution in [0, 0.1) is 11.2 Å². The normalized spacial score (nSPS) is 16.1. The van der Waals surface area contributed by atoms with E-state index in [1.807, 2.05) is 6.92 Å². The molecule has 0 bridgehead atoms. The zero-order valence-electron chi connectivity index (χ0n) is 14.3.